The number of benzene rings is 1. The van der Waals surface area contributed by atoms with Crippen molar-refractivity contribution in [3.63, 3.8) is 0 Å². The van der Waals surface area contributed by atoms with E-state index >= 15 is 0 Å². The third-order valence-corrected chi connectivity index (χ3v) is 3.28. The second-order valence-corrected chi connectivity index (χ2v) is 5.12. The van der Waals surface area contributed by atoms with Crippen molar-refractivity contribution in [2.75, 3.05) is 0 Å². The molecule has 0 saturated heterocycles. The van der Waals surface area contributed by atoms with Gasteiger partial charge in [0.15, 0.2) is 0 Å². The molecular weight excluding hydrogens is 302 g/mol. The molecule has 1 aromatic heterocycles. The molecule has 1 aliphatic rings. The molecule has 1 fully saturated rings. The predicted octanol–water partition coefficient (Wildman–Crippen LogP) is 4.06. The first-order valence-electron chi connectivity index (χ1n) is 5.64. The highest BCUT2D eigenvalue weighted by molar-refractivity contribution is 9.10. The minimum Gasteiger partial charge on any atom is -0.232 e. The van der Waals surface area contributed by atoms with Crippen molar-refractivity contribution < 1.29 is 8.78 Å². The standard InChI is InChI=1S/C13H9BrF2N2/c14-11-6-10(17-13(18-11)7-4-5-7)12-8(15)2-1-3-9(12)16/h1-3,6-7H,4-5H2. The van der Waals surface area contributed by atoms with Gasteiger partial charge in [0.2, 0.25) is 0 Å². The Kier molecular flexibility index (Phi) is 2.86. The number of hydrogen-bond donors (Lipinski definition) is 0. The molecular formula is C13H9BrF2N2. The van der Waals surface area contributed by atoms with E-state index in [0.717, 1.165) is 12.8 Å². The van der Waals surface area contributed by atoms with Crippen molar-refractivity contribution in [1.82, 2.24) is 9.97 Å². The number of aromatic nitrogens is 2. The predicted molar refractivity (Wildman–Crippen MR) is 67.1 cm³/mol. The van der Waals surface area contributed by atoms with Crippen molar-refractivity contribution in [1.29, 1.82) is 0 Å². The van der Waals surface area contributed by atoms with E-state index < -0.39 is 11.6 Å². The second kappa shape index (κ2) is 4.39. The van der Waals surface area contributed by atoms with Crippen molar-refractivity contribution in [3.05, 3.63) is 46.3 Å². The molecule has 3 rings (SSSR count). The van der Waals surface area contributed by atoms with Crippen LogP contribution in [-0.4, -0.2) is 9.97 Å². The number of halogens is 3. The quantitative estimate of drug-likeness (QED) is 0.782. The molecule has 2 aromatic rings. The van der Waals surface area contributed by atoms with Gasteiger partial charge >= 0.3 is 0 Å². The smallest absolute Gasteiger partial charge is 0.135 e. The summed E-state index contributed by atoms with van der Waals surface area (Å²) in [5, 5.41) is 0. The van der Waals surface area contributed by atoms with Gasteiger partial charge in [0.25, 0.3) is 0 Å². The highest BCUT2D eigenvalue weighted by Gasteiger charge is 2.27. The van der Waals surface area contributed by atoms with Crippen molar-refractivity contribution in [2.45, 2.75) is 18.8 Å². The molecule has 1 aliphatic carbocycles. The topological polar surface area (TPSA) is 25.8 Å². The summed E-state index contributed by atoms with van der Waals surface area (Å²) in [4.78, 5) is 8.51. The molecule has 5 heteroatoms. The molecule has 18 heavy (non-hydrogen) atoms. The Hall–Kier alpha value is -1.36. The Morgan fingerprint density at radius 3 is 2.39 bits per heavy atom. The normalized spacial score (nSPS) is 14.8. The van der Waals surface area contributed by atoms with Gasteiger partial charge in [-0.05, 0) is 47.0 Å². The highest BCUT2D eigenvalue weighted by Crippen LogP contribution is 2.39. The zero-order valence-corrected chi connectivity index (χ0v) is 10.9. The van der Waals surface area contributed by atoms with Crippen molar-refractivity contribution >= 4 is 15.9 Å². The Balaban J connectivity index is 2.16. The van der Waals surface area contributed by atoms with E-state index in [1.165, 1.54) is 24.3 Å². The van der Waals surface area contributed by atoms with E-state index in [-0.39, 0.29) is 11.3 Å². The van der Waals surface area contributed by atoms with Gasteiger partial charge < -0.3 is 0 Å². The van der Waals surface area contributed by atoms with Crippen LogP contribution in [0.5, 0.6) is 0 Å². The third kappa shape index (κ3) is 2.14. The van der Waals surface area contributed by atoms with E-state index in [0.29, 0.717) is 16.3 Å². The van der Waals surface area contributed by atoms with Gasteiger partial charge in [0.05, 0.1) is 11.3 Å². The number of hydrogen-bond acceptors (Lipinski definition) is 2. The van der Waals surface area contributed by atoms with Crippen LogP contribution in [0.2, 0.25) is 0 Å². The van der Waals surface area contributed by atoms with Crippen LogP contribution in [0.1, 0.15) is 24.6 Å². The lowest BCUT2D eigenvalue weighted by Gasteiger charge is -2.06. The molecule has 0 N–H and O–H groups in total. The zero-order valence-electron chi connectivity index (χ0n) is 9.33. The third-order valence-electron chi connectivity index (χ3n) is 2.87. The summed E-state index contributed by atoms with van der Waals surface area (Å²) in [5.74, 6) is -0.234. The van der Waals surface area contributed by atoms with E-state index in [1.54, 1.807) is 0 Å². The van der Waals surface area contributed by atoms with Gasteiger partial charge in [-0.1, -0.05) is 6.07 Å². The Morgan fingerprint density at radius 2 is 1.78 bits per heavy atom. The van der Waals surface area contributed by atoms with Crippen LogP contribution in [-0.2, 0) is 0 Å². The molecule has 0 atom stereocenters. The summed E-state index contributed by atoms with van der Waals surface area (Å²) < 4.78 is 28.0. The van der Waals surface area contributed by atoms with Gasteiger partial charge in [0, 0.05) is 5.92 Å². The second-order valence-electron chi connectivity index (χ2n) is 4.31. The Morgan fingerprint density at radius 1 is 1.11 bits per heavy atom. The molecule has 0 unspecified atom stereocenters. The molecule has 2 nitrogen and oxygen atoms in total. The molecule has 92 valence electrons. The van der Waals surface area contributed by atoms with E-state index in [1.807, 2.05) is 0 Å². The SMILES string of the molecule is Fc1cccc(F)c1-c1cc(Br)nc(C2CC2)n1. The van der Waals surface area contributed by atoms with Crippen LogP contribution in [0.4, 0.5) is 8.78 Å². The minimum absolute atomic E-state index is 0.0949. The maximum Gasteiger partial charge on any atom is 0.135 e. The Labute approximate surface area is 111 Å². The van der Waals surface area contributed by atoms with Gasteiger partial charge in [-0.15, -0.1) is 0 Å². The maximum atomic E-state index is 13.7. The fourth-order valence-electron chi connectivity index (χ4n) is 1.83. The van der Waals surface area contributed by atoms with E-state index in [9.17, 15) is 8.78 Å². The van der Waals surface area contributed by atoms with Crippen LogP contribution < -0.4 is 0 Å². The van der Waals surface area contributed by atoms with Crippen molar-refractivity contribution in [2.24, 2.45) is 0 Å². The van der Waals surface area contributed by atoms with Crippen LogP contribution in [0, 0.1) is 11.6 Å². The average molecular weight is 311 g/mol. The van der Waals surface area contributed by atoms with Crippen LogP contribution in [0.15, 0.2) is 28.9 Å². The first kappa shape index (κ1) is 11.7. The minimum atomic E-state index is -0.609. The lowest BCUT2D eigenvalue weighted by Crippen LogP contribution is -1.98. The zero-order chi connectivity index (χ0) is 12.7. The van der Waals surface area contributed by atoms with E-state index in [2.05, 4.69) is 25.9 Å². The molecule has 0 spiro atoms. The largest absolute Gasteiger partial charge is 0.232 e. The van der Waals surface area contributed by atoms with Gasteiger partial charge in [-0.2, -0.15) is 0 Å². The fourth-order valence-corrected chi connectivity index (χ4v) is 2.23. The molecule has 1 heterocycles. The van der Waals surface area contributed by atoms with Gasteiger partial charge in [-0.25, -0.2) is 18.7 Å². The van der Waals surface area contributed by atoms with E-state index in [4.69, 9.17) is 0 Å². The van der Waals surface area contributed by atoms with Crippen LogP contribution in [0.3, 0.4) is 0 Å². The van der Waals surface area contributed by atoms with Crippen LogP contribution in [0.25, 0.3) is 11.3 Å². The summed E-state index contributed by atoms with van der Waals surface area (Å²) in [7, 11) is 0. The van der Waals surface area contributed by atoms with Crippen molar-refractivity contribution in [3.8, 4) is 11.3 Å². The Bertz CT molecular complexity index is 592. The molecule has 0 aliphatic heterocycles. The molecule has 1 saturated carbocycles. The first-order chi connectivity index (χ1) is 8.65. The molecule has 1 aromatic carbocycles. The molecule has 0 radical (unpaired) electrons. The maximum absolute atomic E-state index is 13.7. The molecule has 0 bridgehead atoms. The summed E-state index contributed by atoms with van der Waals surface area (Å²) >= 11 is 3.26. The van der Waals surface area contributed by atoms with Gasteiger partial charge in [-0.3, -0.25) is 0 Å². The number of nitrogens with zero attached hydrogens (tertiary/aromatic N) is 2. The highest BCUT2D eigenvalue weighted by atomic mass is 79.9. The summed E-state index contributed by atoms with van der Waals surface area (Å²) in [6, 6.07) is 5.33. The van der Waals surface area contributed by atoms with Crippen LogP contribution >= 0.6 is 15.9 Å². The summed E-state index contributed by atoms with van der Waals surface area (Å²) in [6.07, 6.45) is 2.07. The lowest BCUT2D eigenvalue weighted by atomic mass is 10.1. The number of rotatable bonds is 2. The monoisotopic (exact) mass is 310 g/mol. The summed E-state index contributed by atoms with van der Waals surface area (Å²) in [5.41, 5.74) is 0.192. The average Bonchev–Trinajstić information content (AvgIpc) is 3.11. The fraction of sp³-hybridized carbons (Fsp3) is 0.231. The van der Waals surface area contributed by atoms with Gasteiger partial charge in [0.1, 0.15) is 22.1 Å². The first-order valence-corrected chi connectivity index (χ1v) is 6.43. The summed E-state index contributed by atoms with van der Waals surface area (Å²) in [6.45, 7) is 0. The lowest BCUT2D eigenvalue weighted by molar-refractivity contribution is 0.588. The molecule has 0 amide bonds.